The highest BCUT2D eigenvalue weighted by Gasteiger charge is 2.27. The third-order valence-electron chi connectivity index (χ3n) is 1.88. The molecule has 1 rings (SSSR count). The second kappa shape index (κ2) is 6.12. The van der Waals surface area contributed by atoms with Crippen molar-refractivity contribution in [3.63, 3.8) is 0 Å². The molecule has 1 aromatic rings. The molecule has 1 heterocycles. The van der Waals surface area contributed by atoms with E-state index in [0.717, 1.165) is 5.82 Å². The molecule has 0 radical (unpaired) electrons. The summed E-state index contributed by atoms with van der Waals surface area (Å²) in [5, 5.41) is 4.04. The summed E-state index contributed by atoms with van der Waals surface area (Å²) < 4.78 is 35.2. The van der Waals surface area contributed by atoms with Crippen LogP contribution in [0.15, 0.2) is 12.4 Å². The van der Waals surface area contributed by atoms with Crippen molar-refractivity contribution in [2.24, 2.45) is 0 Å². The summed E-state index contributed by atoms with van der Waals surface area (Å²) in [7, 11) is 0. The van der Waals surface area contributed by atoms with Gasteiger partial charge in [-0.1, -0.05) is 0 Å². The van der Waals surface area contributed by atoms with E-state index in [-0.39, 0.29) is 0 Å². The lowest BCUT2D eigenvalue weighted by Crippen LogP contribution is -2.41. The van der Waals surface area contributed by atoms with Crippen molar-refractivity contribution in [2.45, 2.75) is 19.0 Å². The van der Waals surface area contributed by atoms with Gasteiger partial charge in [-0.25, -0.2) is 9.78 Å². The number of amides is 2. The van der Waals surface area contributed by atoms with Crippen LogP contribution >= 0.6 is 0 Å². The van der Waals surface area contributed by atoms with Gasteiger partial charge in [0.2, 0.25) is 0 Å². The third-order valence-corrected chi connectivity index (χ3v) is 1.88. The number of carbonyl (C=O) groups excluding carboxylic acids is 1. The standard InChI is InChI=1S/C9H13F3N4O/c10-9(11,12)6-16-8(17)15-3-1-2-7-13-4-5-14-7/h4-5H,1-3,6H2,(H,13,14)(H2,15,16,17). The molecule has 0 aliphatic carbocycles. The number of halogens is 3. The number of rotatable bonds is 5. The summed E-state index contributed by atoms with van der Waals surface area (Å²) in [4.78, 5) is 17.8. The van der Waals surface area contributed by atoms with Crippen LogP contribution in [0.1, 0.15) is 12.2 Å². The number of nitrogens with one attached hydrogen (secondary N) is 3. The number of alkyl halides is 3. The normalized spacial score (nSPS) is 11.2. The molecule has 3 N–H and O–H groups in total. The maximum absolute atomic E-state index is 11.7. The number of aryl methyl sites for hydroxylation is 1. The Hall–Kier alpha value is -1.73. The molecule has 0 saturated carbocycles. The lowest BCUT2D eigenvalue weighted by atomic mass is 10.3. The van der Waals surface area contributed by atoms with Crippen LogP contribution < -0.4 is 10.6 Å². The van der Waals surface area contributed by atoms with Gasteiger partial charge in [0, 0.05) is 25.4 Å². The highest BCUT2D eigenvalue weighted by Crippen LogP contribution is 2.11. The third kappa shape index (κ3) is 6.44. The molecule has 0 bridgehead atoms. The Balaban J connectivity index is 2.04. The first-order valence-corrected chi connectivity index (χ1v) is 5.04. The molecule has 0 fully saturated rings. The molecule has 0 saturated heterocycles. The summed E-state index contributed by atoms with van der Waals surface area (Å²) in [5.74, 6) is 0.780. The lowest BCUT2D eigenvalue weighted by molar-refractivity contribution is -0.122. The largest absolute Gasteiger partial charge is 0.405 e. The number of aromatic nitrogens is 2. The molecule has 96 valence electrons. The summed E-state index contributed by atoms with van der Waals surface area (Å²) in [6.07, 6.45) is 0.141. The van der Waals surface area contributed by atoms with E-state index in [9.17, 15) is 18.0 Å². The van der Waals surface area contributed by atoms with Crippen LogP contribution in [0.4, 0.5) is 18.0 Å². The molecule has 2 amide bonds. The van der Waals surface area contributed by atoms with Crippen molar-refractivity contribution in [2.75, 3.05) is 13.1 Å². The zero-order chi connectivity index (χ0) is 12.7. The fraction of sp³-hybridized carbons (Fsp3) is 0.556. The van der Waals surface area contributed by atoms with E-state index in [0.29, 0.717) is 19.4 Å². The van der Waals surface area contributed by atoms with E-state index in [1.807, 2.05) is 0 Å². The lowest BCUT2D eigenvalue weighted by Gasteiger charge is -2.09. The van der Waals surface area contributed by atoms with Gasteiger partial charge in [-0.05, 0) is 6.42 Å². The number of imidazole rings is 1. The van der Waals surface area contributed by atoms with Gasteiger partial charge in [0.25, 0.3) is 0 Å². The Labute approximate surface area is 95.8 Å². The Morgan fingerprint density at radius 2 is 2.18 bits per heavy atom. The first-order valence-electron chi connectivity index (χ1n) is 5.04. The predicted octanol–water partition coefficient (Wildman–Crippen LogP) is 1.20. The molecule has 5 nitrogen and oxygen atoms in total. The number of hydrogen-bond donors (Lipinski definition) is 3. The van der Waals surface area contributed by atoms with Crippen LogP contribution in [0, 0.1) is 0 Å². The highest BCUT2D eigenvalue weighted by atomic mass is 19.4. The maximum Gasteiger partial charge on any atom is 0.405 e. The van der Waals surface area contributed by atoms with Crippen LogP contribution in [0.2, 0.25) is 0 Å². The van der Waals surface area contributed by atoms with Crippen LogP contribution in [0.5, 0.6) is 0 Å². The van der Waals surface area contributed by atoms with Crippen molar-refractivity contribution >= 4 is 6.03 Å². The van der Waals surface area contributed by atoms with Crippen molar-refractivity contribution in [1.29, 1.82) is 0 Å². The molecule has 0 aromatic carbocycles. The van der Waals surface area contributed by atoms with Gasteiger partial charge in [0.15, 0.2) is 0 Å². The zero-order valence-electron chi connectivity index (χ0n) is 8.97. The molecule has 17 heavy (non-hydrogen) atoms. The first-order chi connectivity index (χ1) is 7.97. The predicted molar refractivity (Wildman–Crippen MR) is 54.4 cm³/mol. The Kier molecular flexibility index (Phi) is 4.80. The minimum Gasteiger partial charge on any atom is -0.349 e. The number of carbonyl (C=O) groups is 1. The minimum atomic E-state index is -4.38. The first kappa shape index (κ1) is 13.3. The van der Waals surface area contributed by atoms with Crippen molar-refractivity contribution in [1.82, 2.24) is 20.6 Å². The summed E-state index contributed by atoms with van der Waals surface area (Å²) in [6.45, 7) is -1.03. The Bertz CT molecular complexity index is 337. The fourth-order valence-electron chi connectivity index (χ4n) is 1.14. The average Bonchev–Trinajstić information content (AvgIpc) is 2.73. The number of H-pyrrole nitrogens is 1. The maximum atomic E-state index is 11.7. The molecule has 8 heteroatoms. The quantitative estimate of drug-likeness (QED) is 0.687. The van der Waals surface area contributed by atoms with Gasteiger partial charge in [-0.15, -0.1) is 0 Å². The number of nitrogens with zero attached hydrogens (tertiary/aromatic N) is 1. The monoisotopic (exact) mass is 250 g/mol. The summed E-state index contributed by atoms with van der Waals surface area (Å²) >= 11 is 0. The second-order valence-corrected chi connectivity index (χ2v) is 3.36. The second-order valence-electron chi connectivity index (χ2n) is 3.36. The number of hydrogen-bond acceptors (Lipinski definition) is 2. The van der Waals surface area contributed by atoms with Crippen LogP contribution in [0.25, 0.3) is 0 Å². The summed E-state index contributed by atoms with van der Waals surface area (Å²) in [6, 6.07) is -0.818. The molecule has 1 aromatic heterocycles. The molecule has 0 unspecified atom stereocenters. The highest BCUT2D eigenvalue weighted by molar-refractivity contribution is 5.73. The minimum absolute atomic E-state index is 0.296. The van der Waals surface area contributed by atoms with Gasteiger partial charge in [-0.3, -0.25) is 0 Å². The van der Waals surface area contributed by atoms with Gasteiger partial charge in [0.05, 0.1) is 0 Å². The van der Waals surface area contributed by atoms with Crippen LogP contribution in [0.3, 0.4) is 0 Å². The topological polar surface area (TPSA) is 69.8 Å². The molecule has 0 aliphatic rings. The number of urea groups is 1. The smallest absolute Gasteiger partial charge is 0.349 e. The van der Waals surface area contributed by atoms with Crippen LogP contribution in [-0.4, -0.2) is 35.3 Å². The molecular formula is C9H13F3N4O. The number of aromatic amines is 1. The van der Waals surface area contributed by atoms with Gasteiger partial charge < -0.3 is 15.6 Å². The average molecular weight is 250 g/mol. The Morgan fingerprint density at radius 1 is 1.41 bits per heavy atom. The summed E-state index contributed by atoms with van der Waals surface area (Å²) in [5.41, 5.74) is 0. The van der Waals surface area contributed by atoms with E-state index in [1.54, 1.807) is 17.7 Å². The van der Waals surface area contributed by atoms with E-state index in [1.165, 1.54) is 0 Å². The molecule has 0 atom stereocenters. The van der Waals surface area contributed by atoms with Gasteiger partial charge in [0.1, 0.15) is 12.4 Å². The van der Waals surface area contributed by atoms with Crippen molar-refractivity contribution in [3.05, 3.63) is 18.2 Å². The van der Waals surface area contributed by atoms with E-state index < -0.39 is 18.8 Å². The van der Waals surface area contributed by atoms with E-state index >= 15 is 0 Å². The molecular weight excluding hydrogens is 237 g/mol. The molecule has 0 aliphatic heterocycles. The Morgan fingerprint density at radius 3 is 2.76 bits per heavy atom. The zero-order valence-corrected chi connectivity index (χ0v) is 8.97. The SMILES string of the molecule is O=C(NCCCc1ncc[nH]1)NCC(F)(F)F. The van der Waals surface area contributed by atoms with Crippen LogP contribution in [-0.2, 0) is 6.42 Å². The van der Waals surface area contributed by atoms with Crippen molar-refractivity contribution in [3.8, 4) is 0 Å². The van der Waals surface area contributed by atoms with Gasteiger partial charge >= 0.3 is 12.2 Å². The fourth-order valence-corrected chi connectivity index (χ4v) is 1.14. The van der Waals surface area contributed by atoms with E-state index in [2.05, 4.69) is 15.3 Å². The molecule has 0 spiro atoms. The van der Waals surface area contributed by atoms with Crippen molar-refractivity contribution < 1.29 is 18.0 Å². The van der Waals surface area contributed by atoms with Gasteiger partial charge in [-0.2, -0.15) is 13.2 Å². The van der Waals surface area contributed by atoms with E-state index in [4.69, 9.17) is 0 Å².